The molecule has 0 bridgehead atoms. The van der Waals surface area contributed by atoms with Crippen LogP contribution in [-0.2, 0) is 19.1 Å². The van der Waals surface area contributed by atoms with Crippen molar-refractivity contribution in [3.63, 3.8) is 0 Å². The van der Waals surface area contributed by atoms with Crippen LogP contribution >= 0.6 is 0 Å². The van der Waals surface area contributed by atoms with Crippen LogP contribution in [-0.4, -0.2) is 35.9 Å². The van der Waals surface area contributed by atoms with E-state index in [2.05, 4.69) is 0 Å². The first-order valence-corrected chi connectivity index (χ1v) is 6.78. The lowest BCUT2D eigenvalue weighted by atomic mass is 9.83. The molecule has 0 aromatic heterocycles. The van der Waals surface area contributed by atoms with Gasteiger partial charge < -0.3 is 14.6 Å². The van der Waals surface area contributed by atoms with Gasteiger partial charge in [-0.1, -0.05) is 12.2 Å². The van der Waals surface area contributed by atoms with Gasteiger partial charge in [0.25, 0.3) is 0 Å². The van der Waals surface area contributed by atoms with E-state index in [9.17, 15) is 14.7 Å². The largest absolute Gasteiger partial charge is 0.465 e. The second-order valence-electron chi connectivity index (χ2n) is 4.58. The van der Waals surface area contributed by atoms with E-state index in [4.69, 9.17) is 9.47 Å². The van der Waals surface area contributed by atoms with Crippen molar-refractivity contribution in [3.8, 4) is 0 Å². The van der Waals surface area contributed by atoms with E-state index >= 15 is 0 Å². The minimum Gasteiger partial charge on any atom is -0.465 e. The maximum Gasteiger partial charge on any atom is 0.323 e. The lowest BCUT2D eigenvalue weighted by molar-refractivity contribution is -0.171. The highest BCUT2D eigenvalue weighted by atomic mass is 16.6. The van der Waals surface area contributed by atoms with E-state index in [1.807, 2.05) is 0 Å². The van der Waals surface area contributed by atoms with E-state index in [0.29, 0.717) is 6.42 Å². The molecule has 5 heteroatoms. The van der Waals surface area contributed by atoms with Gasteiger partial charge in [-0.15, -0.1) is 0 Å². The summed E-state index contributed by atoms with van der Waals surface area (Å²) in [6, 6.07) is 0. The van der Waals surface area contributed by atoms with Crippen LogP contribution in [0.5, 0.6) is 0 Å². The fourth-order valence-electron chi connectivity index (χ4n) is 2.24. The Bertz CT molecular complexity index is 332. The van der Waals surface area contributed by atoms with Crippen molar-refractivity contribution in [3.05, 3.63) is 12.2 Å². The van der Waals surface area contributed by atoms with Crippen molar-refractivity contribution in [1.29, 1.82) is 0 Å². The molecule has 0 fully saturated rings. The van der Waals surface area contributed by atoms with Crippen molar-refractivity contribution in [2.24, 2.45) is 5.92 Å². The van der Waals surface area contributed by atoms with Gasteiger partial charge in [-0.05, 0) is 39.5 Å². The molecule has 0 heterocycles. The number of carbonyl (C=O) groups excluding carboxylic acids is 2. The second-order valence-corrected chi connectivity index (χ2v) is 4.58. The predicted molar refractivity (Wildman–Crippen MR) is 69.3 cm³/mol. The van der Waals surface area contributed by atoms with Crippen LogP contribution in [0.4, 0.5) is 0 Å². The SMILES string of the molecule is CCOC(=O)C(C(=O)OCC)C1(O)C=CCCCC1. The molecule has 0 aromatic carbocycles. The minimum atomic E-state index is -1.50. The average Bonchev–Trinajstić information content (AvgIpc) is 2.55. The van der Waals surface area contributed by atoms with Gasteiger partial charge in [-0.25, -0.2) is 0 Å². The molecule has 0 radical (unpaired) electrons. The van der Waals surface area contributed by atoms with Gasteiger partial charge in [0, 0.05) is 0 Å². The summed E-state index contributed by atoms with van der Waals surface area (Å²) >= 11 is 0. The summed E-state index contributed by atoms with van der Waals surface area (Å²) in [6.07, 6.45) is 6.21. The first-order chi connectivity index (χ1) is 9.05. The van der Waals surface area contributed by atoms with Crippen molar-refractivity contribution in [2.75, 3.05) is 13.2 Å². The predicted octanol–water partition coefficient (Wildman–Crippen LogP) is 1.59. The zero-order valence-corrected chi connectivity index (χ0v) is 11.6. The fourth-order valence-corrected chi connectivity index (χ4v) is 2.24. The summed E-state index contributed by atoms with van der Waals surface area (Å²) in [5.41, 5.74) is -1.50. The number of carbonyl (C=O) groups is 2. The molecule has 19 heavy (non-hydrogen) atoms. The number of rotatable bonds is 5. The quantitative estimate of drug-likeness (QED) is 0.466. The maximum atomic E-state index is 12.0. The number of hydrogen-bond acceptors (Lipinski definition) is 5. The Balaban J connectivity index is 2.99. The van der Waals surface area contributed by atoms with Crippen LogP contribution in [0.1, 0.15) is 39.5 Å². The van der Waals surface area contributed by atoms with Crippen LogP contribution in [0.3, 0.4) is 0 Å². The molecule has 0 saturated carbocycles. The number of esters is 2. The van der Waals surface area contributed by atoms with Crippen molar-refractivity contribution in [1.82, 2.24) is 0 Å². The van der Waals surface area contributed by atoms with Crippen molar-refractivity contribution >= 4 is 11.9 Å². The molecule has 0 saturated heterocycles. The van der Waals surface area contributed by atoms with Gasteiger partial charge in [-0.3, -0.25) is 9.59 Å². The Hall–Kier alpha value is -1.36. The van der Waals surface area contributed by atoms with Gasteiger partial charge in [0.1, 0.15) is 5.60 Å². The first kappa shape index (κ1) is 15.7. The van der Waals surface area contributed by atoms with E-state index in [1.165, 1.54) is 0 Å². The Labute approximate surface area is 113 Å². The van der Waals surface area contributed by atoms with Crippen molar-refractivity contribution < 1.29 is 24.2 Å². The molecule has 1 rings (SSSR count). The molecule has 1 unspecified atom stereocenters. The molecule has 1 N–H and O–H groups in total. The van der Waals surface area contributed by atoms with E-state index in [1.54, 1.807) is 26.0 Å². The molecular weight excluding hydrogens is 248 g/mol. The van der Waals surface area contributed by atoms with Gasteiger partial charge in [-0.2, -0.15) is 0 Å². The third-order valence-electron chi connectivity index (χ3n) is 3.15. The highest BCUT2D eigenvalue weighted by Crippen LogP contribution is 2.31. The smallest absolute Gasteiger partial charge is 0.323 e. The van der Waals surface area contributed by atoms with Crippen LogP contribution in [0, 0.1) is 5.92 Å². The van der Waals surface area contributed by atoms with Crippen LogP contribution in [0.2, 0.25) is 0 Å². The fraction of sp³-hybridized carbons (Fsp3) is 0.714. The maximum absolute atomic E-state index is 12.0. The highest BCUT2D eigenvalue weighted by Gasteiger charge is 2.46. The third kappa shape index (κ3) is 4.06. The van der Waals surface area contributed by atoms with Crippen LogP contribution < -0.4 is 0 Å². The van der Waals surface area contributed by atoms with E-state index < -0.39 is 23.5 Å². The molecule has 5 nitrogen and oxygen atoms in total. The Morgan fingerprint density at radius 2 is 1.79 bits per heavy atom. The number of ether oxygens (including phenoxy) is 2. The van der Waals surface area contributed by atoms with Crippen molar-refractivity contribution in [2.45, 2.75) is 45.1 Å². The van der Waals surface area contributed by atoms with Gasteiger partial charge in [0.2, 0.25) is 0 Å². The summed E-state index contributed by atoms with van der Waals surface area (Å²) in [5, 5.41) is 10.6. The molecule has 1 aliphatic carbocycles. The van der Waals surface area contributed by atoms with Gasteiger partial charge in [0.15, 0.2) is 5.92 Å². The average molecular weight is 270 g/mol. The molecule has 108 valence electrons. The Kier molecular flexibility index (Phi) is 6.02. The summed E-state index contributed by atoms with van der Waals surface area (Å²) in [5.74, 6) is -2.76. The molecular formula is C14H22O5. The summed E-state index contributed by atoms with van der Waals surface area (Å²) in [7, 11) is 0. The van der Waals surface area contributed by atoms with Gasteiger partial charge in [0.05, 0.1) is 13.2 Å². The second kappa shape index (κ2) is 7.28. The molecule has 0 spiro atoms. The summed E-state index contributed by atoms with van der Waals surface area (Å²) < 4.78 is 9.79. The standard InChI is InChI=1S/C14H22O5/c1-3-18-12(15)11(13(16)19-4-2)14(17)9-7-5-6-8-10-14/h7,9,11,17H,3-6,8,10H2,1-2H3. The van der Waals surface area contributed by atoms with Crippen LogP contribution in [0.15, 0.2) is 12.2 Å². The normalized spacial score (nSPS) is 22.9. The van der Waals surface area contributed by atoms with E-state index in [0.717, 1.165) is 19.3 Å². The topological polar surface area (TPSA) is 72.8 Å². The highest BCUT2D eigenvalue weighted by molar-refractivity contribution is 5.96. The Morgan fingerprint density at radius 3 is 2.32 bits per heavy atom. The number of aliphatic hydroxyl groups is 1. The van der Waals surface area contributed by atoms with Crippen LogP contribution in [0.25, 0.3) is 0 Å². The zero-order valence-electron chi connectivity index (χ0n) is 11.6. The molecule has 0 amide bonds. The lowest BCUT2D eigenvalue weighted by Crippen LogP contribution is -2.47. The first-order valence-electron chi connectivity index (χ1n) is 6.78. The van der Waals surface area contributed by atoms with Gasteiger partial charge >= 0.3 is 11.9 Å². The number of allylic oxidation sites excluding steroid dienone is 1. The molecule has 0 aliphatic heterocycles. The lowest BCUT2D eigenvalue weighted by Gasteiger charge is -2.29. The molecule has 1 aliphatic rings. The molecule has 0 aromatic rings. The summed E-state index contributed by atoms with van der Waals surface area (Å²) in [4.78, 5) is 23.9. The zero-order chi connectivity index (χ0) is 14.3. The van der Waals surface area contributed by atoms with E-state index in [-0.39, 0.29) is 13.2 Å². The summed E-state index contributed by atoms with van der Waals surface area (Å²) in [6.45, 7) is 3.64. The minimum absolute atomic E-state index is 0.161. The number of hydrogen-bond donors (Lipinski definition) is 1. The molecule has 1 atom stereocenters. The Morgan fingerprint density at radius 1 is 1.21 bits per heavy atom. The monoisotopic (exact) mass is 270 g/mol. The third-order valence-corrected chi connectivity index (χ3v) is 3.15.